The molecule has 0 radical (unpaired) electrons. The molecule has 0 aromatic carbocycles. The summed E-state index contributed by atoms with van der Waals surface area (Å²) in [5.41, 5.74) is 1.55. The Kier molecular flexibility index (Phi) is 6.04. The largest absolute Gasteiger partial charge is 0.368 e. The van der Waals surface area contributed by atoms with Crippen LogP contribution in [0.1, 0.15) is 43.0 Å². The maximum atomic E-state index is 13.1. The Morgan fingerprint density at radius 1 is 1.15 bits per heavy atom. The zero-order valence-electron chi connectivity index (χ0n) is 18.9. The number of fused-ring (bicyclic) bond motifs is 1. The number of hydrogen-bond acceptors (Lipinski definition) is 8. The van der Waals surface area contributed by atoms with E-state index in [9.17, 15) is 9.59 Å². The van der Waals surface area contributed by atoms with Gasteiger partial charge in [-0.2, -0.15) is 4.98 Å². The fourth-order valence-corrected chi connectivity index (χ4v) is 4.78. The minimum atomic E-state index is -0.273. The number of anilines is 3. The lowest BCUT2D eigenvalue weighted by atomic mass is 10.1. The van der Waals surface area contributed by atoms with Gasteiger partial charge in [-0.15, -0.1) is 0 Å². The van der Waals surface area contributed by atoms with Crippen LogP contribution in [0.25, 0.3) is 11.0 Å². The molecule has 9 heteroatoms. The van der Waals surface area contributed by atoms with Crippen LogP contribution in [0.2, 0.25) is 0 Å². The van der Waals surface area contributed by atoms with E-state index in [1.54, 1.807) is 16.8 Å². The lowest BCUT2D eigenvalue weighted by molar-refractivity contribution is 0.101. The summed E-state index contributed by atoms with van der Waals surface area (Å²) in [4.78, 5) is 41.1. The number of Topliss-reactive ketones (excluding diaryl/α,β-unsaturated/α-hetero) is 1. The Labute approximate surface area is 192 Å². The van der Waals surface area contributed by atoms with Crippen LogP contribution in [0.3, 0.4) is 0 Å². The van der Waals surface area contributed by atoms with Gasteiger partial charge in [-0.1, -0.05) is 12.8 Å². The molecule has 33 heavy (non-hydrogen) atoms. The topological polar surface area (TPSA) is 105 Å². The molecule has 0 bridgehead atoms. The standard InChI is InChI=1S/C24H29N7O2/c1-16(32)20-12-18-13-27-24(29-22(18)31(23(20)33)15-17-4-2-3-5-17)28-21-7-6-19(14-26-21)30-10-8-25-9-11-30/h6-7,12-14,17,25H,2-5,8-11,15H2,1H3,(H,26,27,28,29). The van der Waals surface area contributed by atoms with E-state index in [1.807, 2.05) is 18.3 Å². The predicted molar refractivity (Wildman–Crippen MR) is 128 cm³/mol. The maximum absolute atomic E-state index is 13.1. The van der Waals surface area contributed by atoms with E-state index in [2.05, 4.69) is 30.5 Å². The number of ketones is 1. The number of carbonyl (C=O) groups excluding carboxylic acids is 1. The first kappa shape index (κ1) is 21.5. The van der Waals surface area contributed by atoms with Crippen molar-refractivity contribution in [3.05, 3.63) is 46.5 Å². The molecule has 5 rings (SSSR count). The Morgan fingerprint density at radius 3 is 2.64 bits per heavy atom. The summed E-state index contributed by atoms with van der Waals surface area (Å²) in [6, 6.07) is 5.56. The van der Waals surface area contributed by atoms with Crippen LogP contribution in [0.4, 0.5) is 17.5 Å². The molecule has 9 nitrogen and oxygen atoms in total. The summed E-state index contributed by atoms with van der Waals surface area (Å²) in [6.45, 7) is 5.86. The van der Waals surface area contributed by atoms with E-state index in [4.69, 9.17) is 0 Å². The second kappa shape index (κ2) is 9.27. The van der Waals surface area contributed by atoms with Crippen molar-refractivity contribution in [2.45, 2.75) is 39.2 Å². The molecule has 1 aliphatic carbocycles. The SMILES string of the molecule is CC(=O)c1cc2cnc(Nc3ccc(N4CCNCC4)cn3)nc2n(CC2CCCC2)c1=O. The molecule has 0 atom stereocenters. The van der Waals surface area contributed by atoms with Gasteiger partial charge in [-0.25, -0.2) is 9.97 Å². The molecule has 0 unspecified atom stereocenters. The Hall–Kier alpha value is -3.33. The summed E-state index contributed by atoms with van der Waals surface area (Å²) >= 11 is 0. The summed E-state index contributed by atoms with van der Waals surface area (Å²) in [6.07, 6.45) is 8.07. The van der Waals surface area contributed by atoms with Gasteiger partial charge in [0, 0.05) is 44.3 Å². The number of piperazine rings is 1. The summed E-state index contributed by atoms with van der Waals surface area (Å²) in [5.74, 6) is 1.20. The predicted octanol–water partition coefficient (Wildman–Crippen LogP) is 2.73. The molecule has 3 aromatic heterocycles. The first-order valence-corrected chi connectivity index (χ1v) is 11.7. The van der Waals surface area contributed by atoms with Crippen molar-refractivity contribution < 1.29 is 4.79 Å². The molecule has 172 valence electrons. The van der Waals surface area contributed by atoms with Gasteiger partial charge in [-0.05, 0) is 43.9 Å². The highest BCUT2D eigenvalue weighted by molar-refractivity contribution is 5.96. The summed E-state index contributed by atoms with van der Waals surface area (Å²) < 4.78 is 1.66. The summed E-state index contributed by atoms with van der Waals surface area (Å²) in [5, 5.41) is 7.19. The lowest BCUT2D eigenvalue weighted by Crippen LogP contribution is -2.43. The molecule has 2 N–H and O–H groups in total. The Morgan fingerprint density at radius 2 is 1.94 bits per heavy atom. The fourth-order valence-electron chi connectivity index (χ4n) is 4.78. The number of pyridine rings is 2. The van der Waals surface area contributed by atoms with E-state index >= 15 is 0 Å². The van der Waals surface area contributed by atoms with Crippen molar-refractivity contribution in [2.75, 3.05) is 36.4 Å². The third-order valence-electron chi connectivity index (χ3n) is 6.59. The van der Waals surface area contributed by atoms with Gasteiger partial charge in [0.15, 0.2) is 5.78 Å². The number of aromatic nitrogens is 4. The number of nitrogens with one attached hydrogen (secondary N) is 2. The fraction of sp³-hybridized carbons (Fsp3) is 0.458. The van der Waals surface area contributed by atoms with E-state index in [0.29, 0.717) is 35.3 Å². The quantitative estimate of drug-likeness (QED) is 0.556. The van der Waals surface area contributed by atoms with Crippen molar-refractivity contribution in [3.63, 3.8) is 0 Å². The minimum absolute atomic E-state index is 0.190. The van der Waals surface area contributed by atoms with Crippen molar-refractivity contribution in [2.24, 2.45) is 5.92 Å². The number of nitrogens with zero attached hydrogens (tertiary/aromatic N) is 5. The van der Waals surface area contributed by atoms with Gasteiger partial charge < -0.3 is 15.5 Å². The molecule has 0 amide bonds. The van der Waals surface area contributed by atoms with Crippen LogP contribution in [0.15, 0.2) is 35.4 Å². The van der Waals surface area contributed by atoms with Crippen molar-refractivity contribution in [1.82, 2.24) is 24.8 Å². The zero-order valence-corrected chi connectivity index (χ0v) is 18.9. The third-order valence-corrected chi connectivity index (χ3v) is 6.59. The van der Waals surface area contributed by atoms with Crippen molar-refractivity contribution >= 4 is 34.3 Å². The van der Waals surface area contributed by atoms with E-state index in [0.717, 1.165) is 44.7 Å². The molecule has 1 saturated heterocycles. The highest BCUT2D eigenvalue weighted by Gasteiger charge is 2.21. The van der Waals surface area contributed by atoms with Gasteiger partial charge in [-0.3, -0.25) is 14.2 Å². The van der Waals surface area contributed by atoms with E-state index in [1.165, 1.54) is 19.8 Å². The first-order valence-electron chi connectivity index (χ1n) is 11.7. The van der Waals surface area contributed by atoms with Gasteiger partial charge in [0.25, 0.3) is 5.56 Å². The van der Waals surface area contributed by atoms with Crippen LogP contribution >= 0.6 is 0 Å². The molecule has 1 aliphatic heterocycles. The lowest BCUT2D eigenvalue weighted by Gasteiger charge is -2.29. The number of carbonyl (C=O) groups is 1. The normalized spacial score (nSPS) is 16.9. The number of hydrogen-bond donors (Lipinski definition) is 2. The highest BCUT2D eigenvalue weighted by Crippen LogP contribution is 2.27. The first-order chi connectivity index (χ1) is 16.1. The highest BCUT2D eigenvalue weighted by atomic mass is 16.1. The second-order valence-electron chi connectivity index (χ2n) is 8.92. The molecule has 0 spiro atoms. The van der Waals surface area contributed by atoms with E-state index in [-0.39, 0.29) is 16.9 Å². The molecular weight excluding hydrogens is 418 g/mol. The van der Waals surface area contributed by atoms with Crippen LogP contribution in [-0.2, 0) is 6.54 Å². The average Bonchev–Trinajstić information content (AvgIpc) is 3.35. The van der Waals surface area contributed by atoms with Crippen LogP contribution < -0.4 is 21.1 Å². The summed E-state index contributed by atoms with van der Waals surface area (Å²) in [7, 11) is 0. The van der Waals surface area contributed by atoms with Crippen LogP contribution in [-0.4, -0.2) is 51.5 Å². The average molecular weight is 448 g/mol. The second-order valence-corrected chi connectivity index (χ2v) is 8.92. The smallest absolute Gasteiger partial charge is 0.263 e. The van der Waals surface area contributed by atoms with Crippen LogP contribution in [0.5, 0.6) is 0 Å². The molecule has 4 heterocycles. The maximum Gasteiger partial charge on any atom is 0.263 e. The molecular formula is C24H29N7O2. The van der Waals surface area contributed by atoms with E-state index < -0.39 is 0 Å². The van der Waals surface area contributed by atoms with Gasteiger partial charge in [0.05, 0.1) is 17.4 Å². The van der Waals surface area contributed by atoms with Crippen LogP contribution in [0, 0.1) is 5.92 Å². The Bertz CT molecular complexity index is 1210. The molecule has 2 aliphatic rings. The molecule has 3 aromatic rings. The molecule has 1 saturated carbocycles. The van der Waals surface area contributed by atoms with Gasteiger partial charge >= 0.3 is 0 Å². The van der Waals surface area contributed by atoms with Crippen molar-refractivity contribution in [1.29, 1.82) is 0 Å². The zero-order chi connectivity index (χ0) is 22.8. The monoisotopic (exact) mass is 447 g/mol. The van der Waals surface area contributed by atoms with Gasteiger partial charge in [0.1, 0.15) is 11.5 Å². The van der Waals surface area contributed by atoms with Crippen molar-refractivity contribution in [3.8, 4) is 0 Å². The molecule has 2 fully saturated rings. The Balaban J connectivity index is 1.44. The van der Waals surface area contributed by atoms with Gasteiger partial charge in [0.2, 0.25) is 5.95 Å². The number of rotatable bonds is 6. The third kappa shape index (κ3) is 4.59. The minimum Gasteiger partial charge on any atom is -0.368 e.